The van der Waals surface area contributed by atoms with Crippen LogP contribution in [0.1, 0.15) is 258 Å². The van der Waals surface area contributed by atoms with Crippen LogP contribution in [0.4, 0.5) is 0 Å². The molecule has 0 rings (SSSR count). The van der Waals surface area contributed by atoms with Crippen LogP contribution in [-0.4, -0.2) is 49.3 Å². The topological polar surface area (TPSA) is 134 Å². The number of carbonyl (C=O) groups excluding carboxylic acids is 2. The van der Waals surface area contributed by atoms with Crippen LogP contribution in [0.2, 0.25) is 0 Å². The number of nitrogens with two attached hydrogens (primary N) is 1. The first kappa shape index (κ1) is 76.9. The highest BCUT2D eigenvalue weighted by molar-refractivity contribution is 7.47. The maximum absolute atomic E-state index is 12.7. The lowest BCUT2D eigenvalue weighted by Crippen LogP contribution is -2.29. The fraction of sp³-hybridized carbons (Fsp3) is 0.634. The van der Waals surface area contributed by atoms with Gasteiger partial charge >= 0.3 is 19.8 Å². The van der Waals surface area contributed by atoms with Crippen molar-refractivity contribution in [3.05, 3.63) is 146 Å². The quantitative estimate of drug-likeness (QED) is 0.0264. The smallest absolute Gasteiger partial charge is 0.462 e. The molecule has 0 saturated heterocycles. The summed E-state index contributed by atoms with van der Waals surface area (Å²) in [5.41, 5.74) is 5.39. The Labute approximate surface area is 496 Å². The van der Waals surface area contributed by atoms with Crippen LogP contribution in [0.15, 0.2) is 146 Å². The normalized spacial score (nSPS) is 14.0. The molecule has 0 aromatic heterocycles. The Hall–Kier alpha value is -4.11. The molecule has 0 aliphatic rings. The highest BCUT2D eigenvalue weighted by atomic mass is 31.2. The Morgan fingerprint density at radius 3 is 1.05 bits per heavy atom. The van der Waals surface area contributed by atoms with Crippen molar-refractivity contribution in [2.75, 3.05) is 26.4 Å². The molecule has 2 atom stereocenters. The summed E-state index contributed by atoms with van der Waals surface area (Å²) >= 11 is 0. The molecule has 0 amide bonds. The Bertz CT molecular complexity index is 1830. The van der Waals surface area contributed by atoms with E-state index in [-0.39, 0.29) is 32.6 Å². The molecule has 10 heteroatoms. The first-order chi connectivity index (χ1) is 39.8. The molecule has 460 valence electrons. The van der Waals surface area contributed by atoms with Gasteiger partial charge in [-0.25, -0.2) is 4.57 Å². The van der Waals surface area contributed by atoms with Gasteiger partial charge in [-0.05, 0) is 116 Å². The van der Waals surface area contributed by atoms with Gasteiger partial charge in [-0.2, -0.15) is 0 Å². The van der Waals surface area contributed by atoms with Gasteiger partial charge in [0.15, 0.2) is 6.10 Å². The van der Waals surface area contributed by atoms with E-state index in [4.69, 9.17) is 24.3 Å². The molecule has 0 aliphatic carbocycles. The molecule has 0 aliphatic heterocycles. The predicted molar refractivity (Wildman–Crippen MR) is 348 cm³/mol. The fourth-order valence-electron chi connectivity index (χ4n) is 8.47. The zero-order chi connectivity index (χ0) is 58.7. The SMILES string of the molecule is CC/C=C\C/C=C\C/C=C\C/C=C\C/C=C\C/C=C\C/C=C\C/C=C\C/C=C\CCCC(=O)OC(COC(=O)CCCCCCCCCCCCCCCCCC/C=C\C/C=C\C/C=C\CCCCCCC)COP(=O)(O)OCCN. The van der Waals surface area contributed by atoms with Crippen LogP contribution in [0.3, 0.4) is 0 Å². The third-order valence-electron chi connectivity index (χ3n) is 13.2. The van der Waals surface area contributed by atoms with Crippen LogP contribution >= 0.6 is 7.82 Å². The van der Waals surface area contributed by atoms with Crippen molar-refractivity contribution in [2.45, 2.75) is 264 Å². The van der Waals surface area contributed by atoms with Gasteiger partial charge < -0.3 is 20.1 Å². The molecule has 0 radical (unpaired) electrons. The minimum absolute atomic E-state index is 0.0368. The summed E-state index contributed by atoms with van der Waals surface area (Å²) in [7, 11) is -4.42. The maximum Gasteiger partial charge on any atom is 0.472 e. The van der Waals surface area contributed by atoms with E-state index < -0.39 is 32.5 Å². The van der Waals surface area contributed by atoms with Gasteiger partial charge in [0.2, 0.25) is 0 Å². The van der Waals surface area contributed by atoms with E-state index in [1.807, 2.05) is 6.08 Å². The summed E-state index contributed by atoms with van der Waals surface area (Å²) in [5.74, 6) is -0.903. The Balaban J connectivity index is 4.05. The number of ether oxygens (including phenoxy) is 2. The lowest BCUT2D eigenvalue weighted by molar-refractivity contribution is -0.161. The standard InChI is InChI=1S/C71H118NO8P/c1-3-5-7-9-11-13-15-17-19-21-23-25-27-29-31-33-34-36-37-39-41-43-45-47-49-51-53-55-57-59-61-63-70(73)77-67-69(68-79-81(75,76)78-66-65-72)80-71(74)64-62-60-58-56-54-52-50-48-46-44-42-40-38-35-32-30-28-26-24-22-20-18-16-14-12-10-8-6-4-2/h6,8,12,14-15,17-18,20-21,23-24,26-27,29-30,32,38,40,44,46,50,52,56,58,69H,3-5,7,9-11,13,16,19,22,25,28,31,33-37,39,41-43,45,47-49,51,53-55,57,59-68,72H2,1-2H3,(H,75,76)/b8-6-,14-12-,17-15-,20-18-,23-21-,26-24-,29-27-,32-30-,40-38-,46-44-,52-50-,58-56-. The average molecular weight is 1140 g/mol. The van der Waals surface area contributed by atoms with Gasteiger partial charge in [0.05, 0.1) is 13.2 Å². The Kier molecular flexibility index (Phi) is 61.7. The van der Waals surface area contributed by atoms with E-state index in [0.717, 1.165) is 89.9 Å². The number of phosphoric acid groups is 1. The lowest BCUT2D eigenvalue weighted by Gasteiger charge is -2.19. The average Bonchev–Trinajstić information content (AvgIpc) is 3.46. The number of phosphoric ester groups is 1. The van der Waals surface area contributed by atoms with Gasteiger partial charge in [0, 0.05) is 19.4 Å². The van der Waals surface area contributed by atoms with Crippen LogP contribution in [0.5, 0.6) is 0 Å². The molecule has 0 fully saturated rings. The van der Waals surface area contributed by atoms with Gasteiger partial charge in [-0.3, -0.25) is 18.6 Å². The number of hydrogen-bond donors (Lipinski definition) is 2. The number of carbonyl (C=O) groups is 2. The molecule has 0 bridgehead atoms. The second-order valence-electron chi connectivity index (χ2n) is 20.9. The minimum Gasteiger partial charge on any atom is -0.462 e. The molecular weight excluding hydrogens is 1030 g/mol. The third kappa shape index (κ3) is 64.9. The van der Waals surface area contributed by atoms with E-state index in [1.165, 1.54) is 128 Å². The largest absolute Gasteiger partial charge is 0.472 e. The Morgan fingerprint density at radius 2 is 0.691 bits per heavy atom. The Morgan fingerprint density at radius 1 is 0.383 bits per heavy atom. The molecule has 0 spiro atoms. The van der Waals surface area contributed by atoms with Crippen LogP contribution in [-0.2, 0) is 32.7 Å². The number of rotatable bonds is 59. The highest BCUT2D eigenvalue weighted by Gasteiger charge is 2.26. The first-order valence-corrected chi connectivity index (χ1v) is 33.8. The van der Waals surface area contributed by atoms with Crippen molar-refractivity contribution in [3.63, 3.8) is 0 Å². The molecule has 81 heavy (non-hydrogen) atoms. The summed E-state index contributed by atoms with van der Waals surface area (Å²) in [6.07, 6.45) is 93.6. The van der Waals surface area contributed by atoms with E-state index in [1.54, 1.807) is 0 Å². The number of allylic oxidation sites excluding steroid dienone is 24. The molecule has 0 saturated carbocycles. The highest BCUT2D eigenvalue weighted by Crippen LogP contribution is 2.43. The number of unbranched alkanes of at least 4 members (excludes halogenated alkanes) is 22. The van der Waals surface area contributed by atoms with Crippen LogP contribution < -0.4 is 5.73 Å². The van der Waals surface area contributed by atoms with Crippen molar-refractivity contribution in [2.24, 2.45) is 5.73 Å². The van der Waals surface area contributed by atoms with E-state index in [0.29, 0.717) is 12.8 Å². The summed E-state index contributed by atoms with van der Waals surface area (Å²) in [6, 6.07) is 0. The zero-order valence-corrected chi connectivity index (χ0v) is 52.4. The molecule has 0 aromatic carbocycles. The maximum atomic E-state index is 12.7. The van der Waals surface area contributed by atoms with Crippen molar-refractivity contribution in [1.29, 1.82) is 0 Å². The van der Waals surface area contributed by atoms with Crippen molar-refractivity contribution in [3.8, 4) is 0 Å². The van der Waals surface area contributed by atoms with E-state index in [2.05, 4.69) is 154 Å². The van der Waals surface area contributed by atoms with Gasteiger partial charge in [0.25, 0.3) is 0 Å². The second kappa shape index (κ2) is 65.0. The molecule has 0 aromatic rings. The zero-order valence-electron chi connectivity index (χ0n) is 51.5. The second-order valence-corrected chi connectivity index (χ2v) is 22.3. The van der Waals surface area contributed by atoms with Crippen LogP contribution in [0, 0.1) is 0 Å². The monoisotopic (exact) mass is 1140 g/mol. The van der Waals surface area contributed by atoms with Crippen LogP contribution in [0.25, 0.3) is 0 Å². The van der Waals surface area contributed by atoms with E-state index in [9.17, 15) is 19.0 Å². The minimum atomic E-state index is -4.42. The van der Waals surface area contributed by atoms with Crippen molar-refractivity contribution < 1.29 is 37.6 Å². The van der Waals surface area contributed by atoms with E-state index >= 15 is 0 Å². The predicted octanol–water partition coefficient (Wildman–Crippen LogP) is 21.1. The fourth-order valence-corrected chi connectivity index (χ4v) is 9.23. The van der Waals surface area contributed by atoms with Gasteiger partial charge in [0.1, 0.15) is 6.61 Å². The summed E-state index contributed by atoms with van der Waals surface area (Å²) in [6.45, 7) is 3.55. The molecule has 0 heterocycles. The third-order valence-corrected chi connectivity index (χ3v) is 14.2. The molecule has 2 unspecified atom stereocenters. The lowest BCUT2D eigenvalue weighted by atomic mass is 10.0. The number of esters is 2. The number of hydrogen-bond acceptors (Lipinski definition) is 8. The van der Waals surface area contributed by atoms with Crippen molar-refractivity contribution in [1.82, 2.24) is 0 Å². The molecule has 9 nitrogen and oxygen atoms in total. The summed E-state index contributed by atoms with van der Waals surface area (Å²) in [4.78, 5) is 35.3. The van der Waals surface area contributed by atoms with Gasteiger partial charge in [-0.1, -0.05) is 275 Å². The molecule has 3 N–H and O–H groups in total. The summed E-state index contributed by atoms with van der Waals surface area (Å²) < 4.78 is 33.0. The van der Waals surface area contributed by atoms with Gasteiger partial charge in [-0.15, -0.1) is 0 Å². The first-order valence-electron chi connectivity index (χ1n) is 32.3. The van der Waals surface area contributed by atoms with Crippen molar-refractivity contribution >= 4 is 19.8 Å². The molecular formula is C71H118NO8P. The summed E-state index contributed by atoms with van der Waals surface area (Å²) in [5, 5.41) is 0.